The molecule has 0 atom stereocenters. The monoisotopic (exact) mass is 334 g/mol. The van der Waals surface area contributed by atoms with Crippen molar-refractivity contribution in [1.82, 2.24) is 5.32 Å². The van der Waals surface area contributed by atoms with E-state index in [0.29, 0.717) is 12.0 Å². The van der Waals surface area contributed by atoms with Gasteiger partial charge in [0.05, 0.1) is 5.75 Å². The van der Waals surface area contributed by atoms with E-state index < -0.39 is 10.0 Å². The summed E-state index contributed by atoms with van der Waals surface area (Å²) in [6.45, 7) is 2.12. The number of benzene rings is 1. The first kappa shape index (κ1) is 15.1. The van der Waals surface area contributed by atoms with E-state index in [1.165, 1.54) is 0 Å². The molecular formula is C11H15BrN2O3S. The molecule has 3 N–H and O–H groups in total. The van der Waals surface area contributed by atoms with E-state index >= 15 is 0 Å². The number of carbonyl (C=O) groups excluding carboxylic acids is 1. The second kappa shape index (κ2) is 6.31. The van der Waals surface area contributed by atoms with Crippen LogP contribution in [0.4, 0.5) is 0 Å². The molecule has 18 heavy (non-hydrogen) atoms. The van der Waals surface area contributed by atoms with Gasteiger partial charge in [-0.1, -0.05) is 15.9 Å². The smallest absolute Gasteiger partial charge is 0.251 e. The molecule has 0 aliphatic rings. The van der Waals surface area contributed by atoms with Crippen molar-refractivity contribution in [3.8, 4) is 0 Å². The van der Waals surface area contributed by atoms with Crippen molar-refractivity contribution in [1.29, 1.82) is 0 Å². The number of sulfonamides is 1. The average Bonchev–Trinajstić information content (AvgIpc) is 2.22. The largest absolute Gasteiger partial charge is 0.352 e. The number of primary sulfonamides is 1. The summed E-state index contributed by atoms with van der Waals surface area (Å²) in [6, 6.07) is 5.35. The fourth-order valence-electron chi connectivity index (χ4n) is 1.45. The number of nitrogens with two attached hydrogens (primary N) is 1. The molecule has 1 aromatic carbocycles. The van der Waals surface area contributed by atoms with Gasteiger partial charge in [0, 0.05) is 16.6 Å². The van der Waals surface area contributed by atoms with Crippen LogP contribution in [0.3, 0.4) is 0 Å². The minimum atomic E-state index is -3.46. The number of rotatable bonds is 5. The van der Waals surface area contributed by atoms with E-state index in [2.05, 4.69) is 21.2 Å². The van der Waals surface area contributed by atoms with Crippen molar-refractivity contribution in [2.24, 2.45) is 5.14 Å². The maximum absolute atomic E-state index is 11.8. The Hall–Kier alpha value is -0.920. The number of hydrogen-bond acceptors (Lipinski definition) is 3. The maximum Gasteiger partial charge on any atom is 0.251 e. The summed E-state index contributed by atoms with van der Waals surface area (Å²) < 4.78 is 22.3. The lowest BCUT2D eigenvalue weighted by Gasteiger charge is -2.07. The Labute approximate surface area is 115 Å². The summed E-state index contributed by atoms with van der Waals surface area (Å²) in [5.41, 5.74) is 1.43. The quantitative estimate of drug-likeness (QED) is 0.792. The molecule has 1 aromatic rings. The molecule has 0 aromatic heterocycles. The highest BCUT2D eigenvalue weighted by molar-refractivity contribution is 9.10. The number of aryl methyl sites for hydroxylation is 1. The van der Waals surface area contributed by atoms with Crippen LogP contribution in [0, 0.1) is 6.92 Å². The summed E-state index contributed by atoms with van der Waals surface area (Å²) in [4.78, 5) is 11.8. The molecule has 0 saturated heterocycles. The van der Waals surface area contributed by atoms with Crippen LogP contribution < -0.4 is 10.5 Å². The molecule has 100 valence electrons. The molecule has 0 bridgehead atoms. The van der Waals surface area contributed by atoms with Crippen molar-refractivity contribution in [2.75, 3.05) is 12.3 Å². The second-order valence-corrected chi connectivity index (χ2v) is 6.59. The van der Waals surface area contributed by atoms with Crippen LogP contribution >= 0.6 is 15.9 Å². The highest BCUT2D eigenvalue weighted by Crippen LogP contribution is 2.15. The molecule has 1 amide bonds. The molecule has 0 unspecified atom stereocenters. The third-order valence-electron chi connectivity index (χ3n) is 2.32. The maximum atomic E-state index is 11.8. The normalized spacial score (nSPS) is 11.3. The molecule has 5 nitrogen and oxygen atoms in total. The van der Waals surface area contributed by atoms with Crippen LogP contribution in [0.1, 0.15) is 22.3 Å². The van der Waals surface area contributed by atoms with Crippen LogP contribution in [0.15, 0.2) is 22.7 Å². The van der Waals surface area contributed by atoms with E-state index in [1.54, 1.807) is 12.1 Å². The first-order valence-electron chi connectivity index (χ1n) is 5.34. The van der Waals surface area contributed by atoms with Crippen molar-refractivity contribution in [2.45, 2.75) is 13.3 Å². The minimum Gasteiger partial charge on any atom is -0.352 e. The molecule has 0 fully saturated rings. The van der Waals surface area contributed by atoms with Gasteiger partial charge in [0.15, 0.2) is 0 Å². The first-order valence-corrected chi connectivity index (χ1v) is 7.85. The highest BCUT2D eigenvalue weighted by atomic mass is 79.9. The van der Waals surface area contributed by atoms with Crippen molar-refractivity contribution in [3.05, 3.63) is 33.8 Å². The van der Waals surface area contributed by atoms with Crippen LogP contribution in [0.5, 0.6) is 0 Å². The zero-order chi connectivity index (χ0) is 13.8. The van der Waals surface area contributed by atoms with Crippen LogP contribution in [-0.4, -0.2) is 26.6 Å². The first-order chi connectivity index (χ1) is 8.29. The van der Waals surface area contributed by atoms with Gasteiger partial charge in [-0.3, -0.25) is 4.79 Å². The third-order valence-corrected chi connectivity index (χ3v) is 3.68. The van der Waals surface area contributed by atoms with Crippen molar-refractivity contribution >= 4 is 31.9 Å². The number of carbonyl (C=O) groups is 1. The topological polar surface area (TPSA) is 89.3 Å². The second-order valence-electron chi connectivity index (χ2n) is 3.94. The van der Waals surface area contributed by atoms with Gasteiger partial charge in [0.2, 0.25) is 10.0 Å². The van der Waals surface area contributed by atoms with Gasteiger partial charge in [0.1, 0.15) is 0 Å². The standard InChI is InChI=1S/C11H15BrN2O3S/c1-8-7-9(12)3-4-10(8)11(15)14-5-2-6-18(13,16)17/h3-4,7H,2,5-6H2,1H3,(H,14,15)(H2,13,16,17). The van der Waals surface area contributed by atoms with Crippen LogP contribution in [-0.2, 0) is 10.0 Å². The Morgan fingerprint density at radius 3 is 2.67 bits per heavy atom. The van der Waals surface area contributed by atoms with Crippen LogP contribution in [0.25, 0.3) is 0 Å². The van der Waals surface area contributed by atoms with Gasteiger partial charge in [-0.15, -0.1) is 0 Å². The molecule has 7 heteroatoms. The lowest BCUT2D eigenvalue weighted by Crippen LogP contribution is -2.27. The zero-order valence-electron chi connectivity index (χ0n) is 9.94. The Kier molecular flexibility index (Phi) is 5.30. The van der Waals surface area contributed by atoms with E-state index in [9.17, 15) is 13.2 Å². The van der Waals surface area contributed by atoms with Crippen molar-refractivity contribution < 1.29 is 13.2 Å². The zero-order valence-corrected chi connectivity index (χ0v) is 12.3. The fraction of sp³-hybridized carbons (Fsp3) is 0.364. The summed E-state index contributed by atoms with van der Waals surface area (Å²) >= 11 is 3.32. The molecule has 0 radical (unpaired) electrons. The van der Waals surface area contributed by atoms with Gasteiger partial charge >= 0.3 is 0 Å². The number of hydrogen-bond donors (Lipinski definition) is 2. The summed E-state index contributed by atoms with van der Waals surface area (Å²) in [7, 11) is -3.46. The molecule has 0 heterocycles. The Morgan fingerprint density at radius 2 is 2.11 bits per heavy atom. The molecule has 1 rings (SSSR count). The van der Waals surface area contributed by atoms with Gasteiger partial charge in [-0.05, 0) is 37.1 Å². The lowest BCUT2D eigenvalue weighted by atomic mass is 10.1. The lowest BCUT2D eigenvalue weighted by molar-refractivity contribution is 0.0953. The van der Waals surface area contributed by atoms with Crippen molar-refractivity contribution in [3.63, 3.8) is 0 Å². The van der Waals surface area contributed by atoms with E-state index in [1.807, 2.05) is 13.0 Å². The SMILES string of the molecule is Cc1cc(Br)ccc1C(=O)NCCCS(N)(=O)=O. The van der Waals surface area contributed by atoms with Gasteiger partial charge < -0.3 is 5.32 Å². The molecule has 0 saturated carbocycles. The molecule has 0 spiro atoms. The average molecular weight is 335 g/mol. The third kappa shape index (κ3) is 5.16. The minimum absolute atomic E-state index is 0.132. The molecule has 0 aliphatic heterocycles. The van der Waals surface area contributed by atoms with Gasteiger partial charge in [-0.2, -0.15) is 0 Å². The Balaban J connectivity index is 2.51. The predicted molar refractivity (Wildman–Crippen MR) is 73.8 cm³/mol. The summed E-state index contributed by atoms with van der Waals surface area (Å²) in [5, 5.41) is 7.52. The van der Waals surface area contributed by atoms with E-state index in [-0.39, 0.29) is 18.2 Å². The van der Waals surface area contributed by atoms with Gasteiger partial charge in [0.25, 0.3) is 5.91 Å². The van der Waals surface area contributed by atoms with Crippen LogP contribution in [0.2, 0.25) is 0 Å². The number of amides is 1. The predicted octanol–water partition coefficient (Wildman–Crippen LogP) is 1.17. The summed E-state index contributed by atoms with van der Waals surface area (Å²) in [6.07, 6.45) is 0.306. The molecule has 0 aliphatic carbocycles. The molecular weight excluding hydrogens is 320 g/mol. The number of halogens is 1. The fourth-order valence-corrected chi connectivity index (χ4v) is 2.47. The number of nitrogens with one attached hydrogen (secondary N) is 1. The summed E-state index contributed by atoms with van der Waals surface area (Å²) in [5.74, 6) is -0.346. The Bertz CT molecular complexity index is 543. The van der Waals surface area contributed by atoms with E-state index in [4.69, 9.17) is 5.14 Å². The van der Waals surface area contributed by atoms with Gasteiger partial charge in [-0.25, -0.2) is 13.6 Å². The Morgan fingerprint density at radius 1 is 1.44 bits per heavy atom. The highest BCUT2D eigenvalue weighted by Gasteiger charge is 2.09. The van der Waals surface area contributed by atoms with E-state index in [0.717, 1.165) is 10.0 Å².